The van der Waals surface area contributed by atoms with Crippen molar-refractivity contribution in [2.24, 2.45) is 0 Å². The molecule has 4 rings (SSSR count). The second-order valence-electron chi connectivity index (χ2n) is 6.09. The molecule has 0 radical (unpaired) electrons. The number of fused-ring (bicyclic) bond motifs is 1. The Labute approximate surface area is 156 Å². The fraction of sp³-hybridized carbons (Fsp3) is 0.200. The van der Waals surface area contributed by atoms with E-state index in [9.17, 15) is 4.79 Å². The van der Waals surface area contributed by atoms with E-state index in [1.54, 1.807) is 6.07 Å². The fourth-order valence-electron chi connectivity index (χ4n) is 3.05. The lowest BCUT2D eigenvalue weighted by atomic mass is 10.0. The van der Waals surface area contributed by atoms with Crippen molar-refractivity contribution in [2.45, 2.75) is 0 Å². The van der Waals surface area contributed by atoms with Gasteiger partial charge >= 0.3 is 0 Å². The van der Waals surface area contributed by atoms with Gasteiger partial charge < -0.3 is 4.74 Å². The van der Waals surface area contributed by atoms with Crippen molar-refractivity contribution in [2.75, 3.05) is 26.3 Å². The maximum atomic E-state index is 12.9. The number of nitrogens with zero attached hydrogens (tertiary/aromatic N) is 2. The summed E-state index contributed by atoms with van der Waals surface area (Å²) in [5, 5.41) is 3.31. The van der Waals surface area contributed by atoms with Gasteiger partial charge in [0.05, 0.1) is 30.0 Å². The molecule has 1 aliphatic heterocycles. The molecule has 5 nitrogen and oxygen atoms in total. The molecular formula is C20H18ClN3O2. The lowest BCUT2D eigenvalue weighted by Gasteiger charge is -2.27. The zero-order chi connectivity index (χ0) is 17.9. The number of rotatable bonds is 3. The van der Waals surface area contributed by atoms with Crippen LogP contribution in [-0.4, -0.2) is 42.2 Å². The lowest BCUT2D eigenvalue weighted by Crippen LogP contribution is -2.48. The third-order valence-electron chi connectivity index (χ3n) is 4.38. The third-order valence-corrected chi connectivity index (χ3v) is 4.71. The third kappa shape index (κ3) is 3.42. The number of para-hydroxylation sites is 1. The Balaban J connectivity index is 1.77. The van der Waals surface area contributed by atoms with Crippen molar-refractivity contribution in [3.63, 3.8) is 0 Å². The molecule has 6 heteroatoms. The van der Waals surface area contributed by atoms with Gasteiger partial charge in [0, 0.05) is 29.1 Å². The Morgan fingerprint density at radius 2 is 1.81 bits per heavy atom. The van der Waals surface area contributed by atoms with Gasteiger partial charge in [-0.2, -0.15) is 0 Å². The lowest BCUT2D eigenvalue weighted by molar-refractivity contribution is 0.0127. The number of halogens is 1. The molecule has 1 amide bonds. The number of carbonyl (C=O) groups is 1. The molecule has 0 bridgehead atoms. The summed E-state index contributed by atoms with van der Waals surface area (Å²) in [6.07, 6.45) is 0. The molecule has 0 saturated carbocycles. The second-order valence-corrected chi connectivity index (χ2v) is 6.50. The first kappa shape index (κ1) is 17.0. The van der Waals surface area contributed by atoms with Crippen molar-refractivity contribution in [3.8, 4) is 11.3 Å². The number of pyridine rings is 1. The standard InChI is InChI=1S/C20H18ClN3O2/c21-17-7-3-1-6-15(17)19-13-16(14-5-2-4-8-18(14)22-19)20(25)23-24-9-11-26-12-10-24/h1-8,13H,9-12H2,(H,23,25). The molecule has 3 aromatic rings. The molecule has 0 unspecified atom stereocenters. The molecule has 0 atom stereocenters. The number of carbonyl (C=O) groups excluding carboxylic acids is 1. The minimum Gasteiger partial charge on any atom is -0.379 e. The second kappa shape index (κ2) is 7.41. The normalized spacial score (nSPS) is 15.1. The van der Waals surface area contributed by atoms with Crippen LogP contribution in [-0.2, 0) is 4.74 Å². The summed E-state index contributed by atoms with van der Waals surface area (Å²) in [6, 6.07) is 16.9. The summed E-state index contributed by atoms with van der Waals surface area (Å²) in [4.78, 5) is 17.6. The Morgan fingerprint density at radius 3 is 2.62 bits per heavy atom. The van der Waals surface area contributed by atoms with E-state index in [0.29, 0.717) is 42.6 Å². The highest BCUT2D eigenvalue weighted by atomic mass is 35.5. The van der Waals surface area contributed by atoms with E-state index in [-0.39, 0.29) is 5.91 Å². The number of hydrogen-bond donors (Lipinski definition) is 1. The minimum atomic E-state index is -0.154. The fourth-order valence-corrected chi connectivity index (χ4v) is 3.28. The SMILES string of the molecule is O=C(NN1CCOCC1)c1cc(-c2ccccc2Cl)nc2ccccc12. The van der Waals surface area contributed by atoms with E-state index < -0.39 is 0 Å². The van der Waals surface area contributed by atoms with Crippen LogP contribution in [0.3, 0.4) is 0 Å². The van der Waals surface area contributed by atoms with Crippen LogP contribution in [0.15, 0.2) is 54.6 Å². The van der Waals surface area contributed by atoms with E-state index >= 15 is 0 Å². The summed E-state index contributed by atoms with van der Waals surface area (Å²) >= 11 is 6.33. The zero-order valence-corrected chi connectivity index (χ0v) is 14.9. The molecule has 132 valence electrons. The van der Waals surface area contributed by atoms with Crippen LogP contribution in [0.4, 0.5) is 0 Å². The predicted octanol–water partition coefficient (Wildman–Crippen LogP) is 3.53. The highest BCUT2D eigenvalue weighted by Gasteiger charge is 2.18. The smallest absolute Gasteiger partial charge is 0.266 e. The molecule has 1 aliphatic rings. The van der Waals surface area contributed by atoms with Gasteiger partial charge in [0.15, 0.2) is 0 Å². The topological polar surface area (TPSA) is 54.5 Å². The first-order valence-corrected chi connectivity index (χ1v) is 8.88. The summed E-state index contributed by atoms with van der Waals surface area (Å²) in [7, 11) is 0. The first-order chi connectivity index (χ1) is 12.7. The van der Waals surface area contributed by atoms with E-state index in [1.807, 2.05) is 53.5 Å². The van der Waals surface area contributed by atoms with Gasteiger partial charge in [-0.25, -0.2) is 9.99 Å². The number of amides is 1. The number of aromatic nitrogens is 1. The predicted molar refractivity (Wildman–Crippen MR) is 102 cm³/mol. The molecule has 0 spiro atoms. The number of ether oxygens (including phenoxy) is 1. The largest absolute Gasteiger partial charge is 0.379 e. The molecule has 1 fully saturated rings. The first-order valence-electron chi connectivity index (χ1n) is 8.51. The van der Waals surface area contributed by atoms with Gasteiger partial charge in [-0.15, -0.1) is 0 Å². The Bertz CT molecular complexity index is 955. The van der Waals surface area contributed by atoms with E-state index in [2.05, 4.69) is 5.43 Å². The molecule has 1 N–H and O–H groups in total. The minimum absolute atomic E-state index is 0.154. The van der Waals surface area contributed by atoms with E-state index in [1.165, 1.54) is 0 Å². The zero-order valence-electron chi connectivity index (χ0n) is 14.1. The number of hydrazine groups is 1. The van der Waals surface area contributed by atoms with Crippen molar-refractivity contribution in [1.29, 1.82) is 0 Å². The maximum Gasteiger partial charge on any atom is 0.266 e. The van der Waals surface area contributed by atoms with Crippen LogP contribution in [0.25, 0.3) is 22.2 Å². The van der Waals surface area contributed by atoms with Crippen LogP contribution >= 0.6 is 11.6 Å². The van der Waals surface area contributed by atoms with Crippen LogP contribution < -0.4 is 5.43 Å². The van der Waals surface area contributed by atoms with Crippen molar-refractivity contribution >= 4 is 28.4 Å². The highest BCUT2D eigenvalue weighted by molar-refractivity contribution is 6.33. The monoisotopic (exact) mass is 367 g/mol. The molecule has 1 saturated heterocycles. The highest BCUT2D eigenvalue weighted by Crippen LogP contribution is 2.29. The van der Waals surface area contributed by atoms with Crippen LogP contribution in [0, 0.1) is 0 Å². The summed E-state index contributed by atoms with van der Waals surface area (Å²) < 4.78 is 5.33. The van der Waals surface area contributed by atoms with Crippen molar-refractivity contribution < 1.29 is 9.53 Å². The summed E-state index contributed by atoms with van der Waals surface area (Å²) in [5.74, 6) is -0.154. The molecule has 2 heterocycles. The van der Waals surface area contributed by atoms with Gasteiger partial charge in [0.25, 0.3) is 5.91 Å². The molecule has 2 aromatic carbocycles. The van der Waals surface area contributed by atoms with Gasteiger partial charge in [-0.05, 0) is 18.2 Å². The number of morpholine rings is 1. The number of nitrogens with one attached hydrogen (secondary N) is 1. The molecule has 1 aromatic heterocycles. The van der Waals surface area contributed by atoms with Crippen molar-refractivity contribution in [3.05, 3.63) is 65.2 Å². The average Bonchev–Trinajstić information content (AvgIpc) is 2.68. The number of hydrogen-bond acceptors (Lipinski definition) is 4. The Morgan fingerprint density at radius 1 is 1.08 bits per heavy atom. The summed E-state index contributed by atoms with van der Waals surface area (Å²) in [6.45, 7) is 2.57. The van der Waals surface area contributed by atoms with Gasteiger partial charge in [-0.3, -0.25) is 10.2 Å². The quantitative estimate of drug-likeness (QED) is 0.769. The summed E-state index contributed by atoms with van der Waals surface area (Å²) in [5.41, 5.74) is 5.80. The van der Waals surface area contributed by atoms with Crippen molar-refractivity contribution in [1.82, 2.24) is 15.4 Å². The molecule has 0 aliphatic carbocycles. The molecular weight excluding hydrogens is 350 g/mol. The maximum absolute atomic E-state index is 12.9. The van der Waals surface area contributed by atoms with Crippen LogP contribution in [0.5, 0.6) is 0 Å². The molecule has 26 heavy (non-hydrogen) atoms. The van der Waals surface area contributed by atoms with E-state index in [4.69, 9.17) is 21.3 Å². The van der Waals surface area contributed by atoms with Gasteiger partial charge in [0.2, 0.25) is 0 Å². The van der Waals surface area contributed by atoms with Crippen LogP contribution in [0.2, 0.25) is 5.02 Å². The Kier molecular flexibility index (Phi) is 4.84. The van der Waals surface area contributed by atoms with Gasteiger partial charge in [0.1, 0.15) is 0 Å². The average molecular weight is 368 g/mol. The van der Waals surface area contributed by atoms with Crippen LogP contribution in [0.1, 0.15) is 10.4 Å². The number of benzene rings is 2. The van der Waals surface area contributed by atoms with Gasteiger partial charge in [-0.1, -0.05) is 48.0 Å². The Hall–Kier alpha value is -2.47. The van der Waals surface area contributed by atoms with E-state index in [0.717, 1.165) is 16.5 Å².